The van der Waals surface area contributed by atoms with Crippen molar-refractivity contribution in [3.63, 3.8) is 0 Å². The molecule has 0 saturated carbocycles. The van der Waals surface area contributed by atoms with E-state index in [2.05, 4.69) is 28.1 Å². The maximum atomic E-state index is 9.06. The van der Waals surface area contributed by atoms with Gasteiger partial charge in [-0.1, -0.05) is 13.8 Å². The second kappa shape index (κ2) is 6.02. The molecule has 5 heteroatoms. The van der Waals surface area contributed by atoms with Crippen molar-refractivity contribution in [1.29, 1.82) is 0 Å². The van der Waals surface area contributed by atoms with Crippen LogP contribution in [0.1, 0.15) is 32.5 Å². The molecule has 0 spiro atoms. The summed E-state index contributed by atoms with van der Waals surface area (Å²) >= 11 is 1.41. The van der Waals surface area contributed by atoms with Gasteiger partial charge in [0.15, 0.2) is 0 Å². The zero-order chi connectivity index (χ0) is 11.3. The van der Waals surface area contributed by atoms with Gasteiger partial charge in [0, 0.05) is 24.1 Å². The fourth-order valence-corrected chi connectivity index (χ4v) is 2.45. The largest absolute Gasteiger partial charge is 0.395 e. The Bertz CT molecular complexity index is 286. The van der Waals surface area contributed by atoms with Gasteiger partial charge >= 0.3 is 0 Å². The maximum Gasteiger partial charge on any atom is 0.205 e. The molecule has 0 aromatic carbocycles. The van der Waals surface area contributed by atoms with Gasteiger partial charge in [-0.2, -0.15) is 4.37 Å². The lowest BCUT2D eigenvalue weighted by Gasteiger charge is -2.28. The average Bonchev–Trinajstić information content (AvgIpc) is 2.65. The van der Waals surface area contributed by atoms with Gasteiger partial charge in [-0.05, 0) is 19.8 Å². The highest BCUT2D eigenvalue weighted by molar-refractivity contribution is 7.09. The number of nitrogens with zero attached hydrogens (tertiary/aromatic N) is 3. The van der Waals surface area contributed by atoms with E-state index in [1.54, 1.807) is 0 Å². The van der Waals surface area contributed by atoms with Crippen molar-refractivity contribution in [2.24, 2.45) is 0 Å². The minimum Gasteiger partial charge on any atom is -0.395 e. The quantitative estimate of drug-likeness (QED) is 0.808. The average molecular weight is 229 g/mol. The lowest BCUT2D eigenvalue weighted by atomic mass is 10.1. The number of aryl methyl sites for hydroxylation is 1. The first-order chi connectivity index (χ1) is 7.22. The van der Waals surface area contributed by atoms with Gasteiger partial charge in [-0.25, -0.2) is 4.98 Å². The number of aliphatic hydroxyl groups is 1. The van der Waals surface area contributed by atoms with Crippen LogP contribution in [0.3, 0.4) is 0 Å². The Morgan fingerprint density at radius 1 is 1.40 bits per heavy atom. The van der Waals surface area contributed by atoms with Crippen molar-refractivity contribution in [3.05, 3.63) is 5.82 Å². The standard InChI is InChI=1S/C10H19N3OS/c1-4-9(5-2)13(6-7-14)10-11-8(3)12-15-10/h9,14H,4-7H2,1-3H3. The molecule has 0 aliphatic heterocycles. The molecule has 1 rings (SSSR count). The summed E-state index contributed by atoms with van der Waals surface area (Å²) in [5, 5.41) is 9.99. The van der Waals surface area contributed by atoms with Gasteiger partial charge in [-0.3, -0.25) is 0 Å². The molecule has 0 aliphatic carbocycles. The van der Waals surface area contributed by atoms with E-state index in [0.29, 0.717) is 12.6 Å². The normalized spacial score (nSPS) is 11.0. The molecular weight excluding hydrogens is 210 g/mol. The van der Waals surface area contributed by atoms with E-state index in [1.807, 2.05) is 6.92 Å². The molecule has 4 nitrogen and oxygen atoms in total. The minimum atomic E-state index is 0.162. The zero-order valence-corrected chi connectivity index (χ0v) is 10.4. The first kappa shape index (κ1) is 12.4. The topological polar surface area (TPSA) is 49.2 Å². The lowest BCUT2D eigenvalue weighted by Crippen LogP contribution is -2.36. The molecule has 1 heterocycles. The first-order valence-corrected chi connectivity index (χ1v) is 6.18. The molecule has 1 aromatic heterocycles. The molecule has 1 N–H and O–H groups in total. The number of anilines is 1. The fraction of sp³-hybridized carbons (Fsp3) is 0.800. The number of aromatic nitrogens is 2. The van der Waals surface area contributed by atoms with Crippen LogP contribution < -0.4 is 4.90 Å². The van der Waals surface area contributed by atoms with Crippen LogP contribution in [-0.2, 0) is 0 Å². The first-order valence-electron chi connectivity index (χ1n) is 5.40. The Hall–Kier alpha value is -0.680. The third-order valence-corrected chi connectivity index (χ3v) is 3.33. The minimum absolute atomic E-state index is 0.162. The summed E-state index contributed by atoms with van der Waals surface area (Å²) in [5.41, 5.74) is 0. The summed E-state index contributed by atoms with van der Waals surface area (Å²) in [6, 6.07) is 0.449. The van der Waals surface area contributed by atoms with Crippen LogP contribution in [0.25, 0.3) is 0 Å². The van der Waals surface area contributed by atoms with E-state index in [0.717, 1.165) is 23.8 Å². The summed E-state index contributed by atoms with van der Waals surface area (Å²) in [5.74, 6) is 0.809. The highest BCUT2D eigenvalue weighted by atomic mass is 32.1. The van der Waals surface area contributed by atoms with Gasteiger partial charge in [-0.15, -0.1) is 0 Å². The molecule has 15 heavy (non-hydrogen) atoms. The van der Waals surface area contributed by atoms with Gasteiger partial charge in [0.1, 0.15) is 5.82 Å². The second-order valence-electron chi connectivity index (χ2n) is 3.51. The van der Waals surface area contributed by atoms with Crippen molar-refractivity contribution in [3.8, 4) is 0 Å². The van der Waals surface area contributed by atoms with E-state index >= 15 is 0 Å². The van der Waals surface area contributed by atoms with Crippen LogP contribution in [0.4, 0.5) is 5.13 Å². The van der Waals surface area contributed by atoms with Gasteiger partial charge < -0.3 is 10.0 Å². The number of rotatable bonds is 6. The SMILES string of the molecule is CCC(CC)N(CCO)c1nc(C)ns1. The molecule has 0 unspecified atom stereocenters. The van der Waals surface area contributed by atoms with Gasteiger partial charge in [0.05, 0.1) is 6.61 Å². The van der Waals surface area contributed by atoms with Crippen molar-refractivity contribution in [1.82, 2.24) is 9.36 Å². The van der Waals surface area contributed by atoms with Crippen molar-refractivity contribution < 1.29 is 5.11 Å². The van der Waals surface area contributed by atoms with E-state index in [-0.39, 0.29) is 6.61 Å². The number of aliphatic hydroxyl groups excluding tert-OH is 1. The van der Waals surface area contributed by atoms with E-state index in [4.69, 9.17) is 5.11 Å². The molecule has 0 bridgehead atoms. The smallest absolute Gasteiger partial charge is 0.205 e. The van der Waals surface area contributed by atoms with Crippen LogP contribution in [0.5, 0.6) is 0 Å². The molecule has 0 amide bonds. The molecule has 86 valence electrons. The van der Waals surface area contributed by atoms with Gasteiger partial charge in [0.2, 0.25) is 5.13 Å². The van der Waals surface area contributed by atoms with Crippen molar-refractivity contribution in [2.45, 2.75) is 39.7 Å². The Labute approximate surface area is 95.1 Å². The predicted octanol–water partition coefficient (Wildman–Crippen LogP) is 1.83. The van der Waals surface area contributed by atoms with Crippen LogP contribution >= 0.6 is 11.5 Å². The van der Waals surface area contributed by atoms with Gasteiger partial charge in [0.25, 0.3) is 0 Å². The third kappa shape index (κ3) is 3.14. The molecule has 0 atom stereocenters. The lowest BCUT2D eigenvalue weighted by molar-refractivity contribution is 0.296. The Balaban J connectivity index is 2.81. The summed E-state index contributed by atoms with van der Waals surface area (Å²) in [6.07, 6.45) is 2.13. The predicted molar refractivity (Wildman–Crippen MR) is 63.4 cm³/mol. The summed E-state index contributed by atoms with van der Waals surface area (Å²) in [6.45, 7) is 7.01. The summed E-state index contributed by atoms with van der Waals surface area (Å²) in [4.78, 5) is 6.53. The van der Waals surface area contributed by atoms with E-state index < -0.39 is 0 Å². The Morgan fingerprint density at radius 3 is 2.47 bits per heavy atom. The maximum absolute atomic E-state index is 9.06. The highest BCUT2D eigenvalue weighted by Gasteiger charge is 2.18. The van der Waals surface area contributed by atoms with Crippen LogP contribution in [0.2, 0.25) is 0 Å². The molecule has 1 aromatic rings. The van der Waals surface area contributed by atoms with Crippen molar-refractivity contribution in [2.75, 3.05) is 18.1 Å². The van der Waals surface area contributed by atoms with Crippen molar-refractivity contribution >= 4 is 16.7 Å². The van der Waals surface area contributed by atoms with E-state index in [9.17, 15) is 0 Å². The molecular formula is C10H19N3OS. The molecule has 0 radical (unpaired) electrons. The fourth-order valence-electron chi connectivity index (χ4n) is 1.67. The monoisotopic (exact) mass is 229 g/mol. The third-order valence-electron chi connectivity index (χ3n) is 2.49. The zero-order valence-electron chi connectivity index (χ0n) is 9.60. The van der Waals surface area contributed by atoms with Crippen LogP contribution in [0.15, 0.2) is 0 Å². The highest BCUT2D eigenvalue weighted by Crippen LogP contribution is 2.21. The summed E-state index contributed by atoms with van der Waals surface area (Å²) in [7, 11) is 0. The second-order valence-corrected chi connectivity index (χ2v) is 4.24. The van der Waals surface area contributed by atoms with Crippen LogP contribution in [-0.4, -0.2) is 33.7 Å². The molecule has 0 fully saturated rings. The van der Waals surface area contributed by atoms with E-state index in [1.165, 1.54) is 11.5 Å². The Morgan fingerprint density at radius 2 is 2.07 bits per heavy atom. The number of hydrogen-bond acceptors (Lipinski definition) is 5. The molecule has 0 aliphatic rings. The number of hydrogen-bond donors (Lipinski definition) is 1. The Kier molecular flexibility index (Phi) is 4.98. The summed E-state index contributed by atoms with van der Waals surface area (Å²) < 4.78 is 4.18. The van der Waals surface area contributed by atoms with Crippen LogP contribution in [0, 0.1) is 6.92 Å². The molecule has 0 saturated heterocycles.